The fourth-order valence-corrected chi connectivity index (χ4v) is 2.56. The summed E-state index contributed by atoms with van der Waals surface area (Å²) in [6.07, 6.45) is 4.35. The molecule has 2 atom stereocenters. The number of nitrogens with zero attached hydrogens (tertiary/aromatic N) is 1. The second-order valence-electron chi connectivity index (χ2n) is 5.16. The highest BCUT2D eigenvalue weighted by Gasteiger charge is 2.28. The Balaban J connectivity index is 2.05. The van der Waals surface area contributed by atoms with E-state index in [4.69, 9.17) is 4.74 Å². The van der Waals surface area contributed by atoms with Crippen LogP contribution in [0.2, 0.25) is 0 Å². The zero-order chi connectivity index (χ0) is 13.0. The van der Waals surface area contributed by atoms with E-state index in [2.05, 4.69) is 46.1 Å². The lowest BCUT2D eigenvalue weighted by Crippen LogP contribution is -2.35. The third-order valence-corrected chi connectivity index (χ3v) is 3.74. The van der Waals surface area contributed by atoms with Crippen LogP contribution in [0.5, 0.6) is 0 Å². The van der Waals surface area contributed by atoms with Gasteiger partial charge in [0.15, 0.2) is 0 Å². The van der Waals surface area contributed by atoms with Crippen LogP contribution in [-0.2, 0) is 4.74 Å². The van der Waals surface area contributed by atoms with Crippen LogP contribution in [0.4, 0.5) is 0 Å². The minimum Gasteiger partial charge on any atom is -0.372 e. The molecule has 1 aromatic rings. The molecule has 3 nitrogen and oxygen atoms in total. The van der Waals surface area contributed by atoms with Gasteiger partial charge in [0.1, 0.15) is 6.10 Å². The van der Waals surface area contributed by atoms with Gasteiger partial charge in [-0.3, -0.25) is 4.98 Å². The first-order chi connectivity index (χ1) is 8.66. The van der Waals surface area contributed by atoms with Crippen molar-refractivity contribution in [2.24, 2.45) is 5.92 Å². The van der Waals surface area contributed by atoms with E-state index in [9.17, 15) is 0 Å². The number of pyridine rings is 1. The highest BCUT2D eigenvalue weighted by Crippen LogP contribution is 2.32. The summed E-state index contributed by atoms with van der Waals surface area (Å²) in [4.78, 5) is 4.48. The van der Waals surface area contributed by atoms with E-state index >= 15 is 0 Å². The molecule has 4 heteroatoms. The van der Waals surface area contributed by atoms with Gasteiger partial charge in [0.2, 0.25) is 0 Å². The van der Waals surface area contributed by atoms with Crippen LogP contribution in [0.25, 0.3) is 0 Å². The lowest BCUT2D eigenvalue weighted by atomic mass is 9.91. The second kappa shape index (κ2) is 6.64. The molecule has 100 valence electrons. The number of nitrogens with one attached hydrogen (secondary N) is 1. The maximum Gasteiger partial charge on any atom is 0.103 e. The molecule has 0 amide bonds. The van der Waals surface area contributed by atoms with E-state index in [0.717, 1.165) is 29.7 Å². The van der Waals surface area contributed by atoms with Crippen LogP contribution in [0.3, 0.4) is 0 Å². The predicted octanol–water partition coefficient (Wildman–Crippen LogP) is 3.31. The van der Waals surface area contributed by atoms with E-state index < -0.39 is 0 Å². The van der Waals surface area contributed by atoms with Gasteiger partial charge >= 0.3 is 0 Å². The van der Waals surface area contributed by atoms with Gasteiger partial charge in [0, 0.05) is 35.8 Å². The van der Waals surface area contributed by atoms with Gasteiger partial charge < -0.3 is 10.1 Å². The summed E-state index contributed by atoms with van der Waals surface area (Å²) in [5, 5.41) is 3.51. The fraction of sp³-hybridized carbons (Fsp3) is 0.643. The summed E-state index contributed by atoms with van der Waals surface area (Å²) >= 11 is 3.42. The van der Waals surface area contributed by atoms with Crippen LogP contribution in [0.1, 0.15) is 38.5 Å². The molecule has 1 aromatic heterocycles. The Kier molecular flexibility index (Phi) is 5.15. The Morgan fingerprint density at radius 2 is 2.33 bits per heavy atom. The van der Waals surface area contributed by atoms with Crippen molar-refractivity contribution >= 4 is 15.9 Å². The molecule has 2 unspecified atom stereocenters. The molecule has 1 fully saturated rings. The largest absolute Gasteiger partial charge is 0.372 e. The minimum atomic E-state index is 0.137. The maximum atomic E-state index is 5.93. The summed E-state index contributed by atoms with van der Waals surface area (Å²) < 4.78 is 6.94. The highest BCUT2D eigenvalue weighted by atomic mass is 79.9. The normalized spacial score (nSPS) is 24.4. The van der Waals surface area contributed by atoms with E-state index in [0.29, 0.717) is 12.0 Å². The molecule has 0 aliphatic carbocycles. The summed E-state index contributed by atoms with van der Waals surface area (Å²) in [6.45, 7) is 6.20. The van der Waals surface area contributed by atoms with Crippen LogP contribution in [0, 0.1) is 5.92 Å². The van der Waals surface area contributed by atoms with Crippen LogP contribution in [-0.4, -0.2) is 24.2 Å². The lowest BCUT2D eigenvalue weighted by molar-refractivity contribution is -0.0307. The average Bonchev–Trinajstić information content (AvgIpc) is 2.38. The SMILES string of the molecule is CC(C)NCC1CCCOC1c1ccc(Br)cn1. The lowest BCUT2D eigenvalue weighted by Gasteiger charge is -2.32. The number of ether oxygens (including phenoxy) is 1. The Morgan fingerprint density at radius 1 is 1.50 bits per heavy atom. The molecule has 2 rings (SSSR count). The van der Waals surface area contributed by atoms with Gasteiger partial charge in [-0.15, -0.1) is 0 Å². The van der Waals surface area contributed by atoms with Crippen LogP contribution in [0.15, 0.2) is 22.8 Å². The number of rotatable bonds is 4. The van der Waals surface area contributed by atoms with Crippen molar-refractivity contribution < 1.29 is 4.74 Å². The highest BCUT2D eigenvalue weighted by molar-refractivity contribution is 9.10. The minimum absolute atomic E-state index is 0.137. The average molecular weight is 313 g/mol. The van der Waals surface area contributed by atoms with E-state index in [-0.39, 0.29) is 6.10 Å². The molecule has 0 bridgehead atoms. The molecule has 0 radical (unpaired) electrons. The van der Waals surface area contributed by atoms with Crippen molar-refractivity contribution in [3.63, 3.8) is 0 Å². The fourth-order valence-electron chi connectivity index (χ4n) is 2.32. The molecule has 0 spiro atoms. The Morgan fingerprint density at radius 3 is 3.00 bits per heavy atom. The molecule has 18 heavy (non-hydrogen) atoms. The predicted molar refractivity (Wildman–Crippen MR) is 76.5 cm³/mol. The topological polar surface area (TPSA) is 34.1 Å². The van der Waals surface area contributed by atoms with Gasteiger partial charge in [-0.05, 0) is 40.9 Å². The molecular formula is C14H21BrN2O. The zero-order valence-corrected chi connectivity index (χ0v) is 12.6. The molecule has 1 aliphatic rings. The summed E-state index contributed by atoms with van der Waals surface area (Å²) in [5.74, 6) is 0.523. The molecule has 2 heterocycles. The summed E-state index contributed by atoms with van der Waals surface area (Å²) in [5.41, 5.74) is 1.05. The second-order valence-corrected chi connectivity index (χ2v) is 6.07. The Labute approximate surface area is 117 Å². The van der Waals surface area contributed by atoms with Crippen molar-refractivity contribution in [1.82, 2.24) is 10.3 Å². The van der Waals surface area contributed by atoms with E-state index in [1.807, 2.05) is 12.3 Å². The van der Waals surface area contributed by atoms with Gasteiger partial charge in [-0.1, -0.05) is 13.8 Å². The number of halogens is 1. The quantitative estimate of drug-likeness (QED) is 0.926. The first-order valence-electron chi connectivity index (χ1n) is 6.63. The third kappa shape index (κ3) is 3.77. The van der Waals surface area contributed by atoms with E-state index in [1.54, 1.807) is 0 Å². The van der Waals surface area contributed by atoms with Gasteiger partial charge in [0.25, 0.3) is 0 Å². The van der Waals surface area contributed by atoms with Crippen LogP contribution >= 0.6 is 15.9 Å². The Bertz CT molecular complexity index is 367. The van der Waals surface area contributed by atoms with E-state index in [1.165, 1.54) is 6.42 Å². The summed E-state index contributed by atoms with van der Waals surface area (Å²) in [6, 6.07) is 4.61. The van der Waals surface area contributed by atoms with Gasteiger partial charge in [-0.2, -0.15) is 0 Å². The molecule has 1 aliphatic heterocycles. The van der Waals surface area contributed by atoms with Gasteiger partial charge in [-0.25, -0.2) is 0 Å². The monoisotopic (exact) mass is 312 g/mol. The number of hydrogen-bond acceptors (Lipinski definition) is 3. The zero-order valence-electron chi connectivity index (χ0n) is 11.0. The van der Waals surface area contributed by atoms with Crippen molar-refractivity contribution in [1.29, 1.82) is 0 Å². The number of hydrogen-bond donors (Lipinski definition) is 1. The maximum absolute atomic E-state index is 5.93. The third-order valence-electron chi connectivity index (χ3n) is 3.27. The number of aromatic nitrogens is 1. The standard InChI is InChI=1S/C14H21BrN2O/c1-10(2)16-8-11-4-3-7-18-14(11)13-6-5-12(15)9-17-13/h5-6,9-11,14,16H,3-4,7-8H2,1-2H3. The molecule has 1 saturated heterocycles. The smallest absolute Gasteiger partial charge is 0.103 e. The molecule has 0 aromatic carbocycles. The summed E-state index contributed by atoms with van der Waals surface area (Å²) in [7, 11) is 0. The van der Waals surface area contributed by atoms with Crippen molar-refractivity contribution in [2.75, 3.05) is 13.2 Å². The van der Waals surface area contributed by atoms with Crippen molar-refractivity contribution in [3.05, 3.63) is 28.5 Å². The van der Waals surface area contributed by atoms with Crippen LogP contribution < -0.4 is 5.32 Å². The first kappa shape index (κ1) is 14.0. The molecule has 0 saturated carbocycles. The first-order valence-corrected chi connectivity index (χ1v) is 7.42. The van der Waals surface area contributed by atoms with Gasteiger partial charge in [0.05, 0.1) is 5.69 Å². The Hall–Kier alpha value is -0.450. The van der Waals surface area contributed by atoms with Crippen molar-refractivity contribution in [2.45, 2.75) is 38.8 Å². The van der Waals surface area contributed by atoms with Crippen molar-refractivity contribution in [3.8, 4) is 0 Å². The molecule has 1 N–H and O–H groups in total. The molecular weight excluding hydrogens is 292 g/mol.